The number of carboxylic acid groups (broad SMARTS) is 1. The van der Waals surface area contributed by atoms with E-state index in [-0.39, 0.29) is 17.2 Å². The predicted molar refractivity (Wildman–Crippen MR) is 88.0 cm³/mol. The van der Waals surface area contributed by atoms with Crippen molar-refractivity contribution < 1.29 is 23.1 Å². The molecule has 1 unspecified atom stereocenters. The van der Waals surface area contributed by atoms with Gasteiger partial charge in [-0.1, -0.05) is 12.1 Å². The number of nitrogens with zero attached hydrogens (tertiary/aromatic N) is 1. The fourth-order valence-electron chi connectivity index (χ4n) is 2.92. The van der Waals surface area contributed by atoms with E-state index in [1.54, 1.807) is 19.1 Å². The van der Waals surface area contributed by atoms with Gasteiger partial charge in [0.05, 0.1) is 4.90 Å². The highest BCUT2D eigenvalue weighted by Gasteiger charge is 2.45. The number of amides is 1. The van der Waals surface area contributed by atoms with E-state index in [4.69, 9.17) is 0 Å². The first kappa shape index (κ1) is 18.4. The van der Waals surface area contributed by atoms with Gasteiger partial charge in [0.15, 0.2) is 0 Å². The van der Waals surface area contributed by atoms with Gasteiger partial charge in [-0.2, -0.15) is 0 Å². The van der Waals surface area contributed by atoms with Crippen LogP contribution in [0.1, 0.15) is 31.7 Å². The first-order valence-electron chi connectivity index (χ1n) is 7.77. The van der Waals surface area contributed by atoms with Crippen molar-refractivity contribution in [3.63, 3.8) is 0 Å². The summed E-state index contributed by atoms with van der Waals surface area (Å²) < 4.78 is 25.6. The van der Waals surface area contributed by atoms with Gasteiger partial charge in [0, 0.05) is 13.0 Å². The van der Waals surface area contributed by atoms with Crippen LogP contribution < -0.4 is 4.72 Å². The number of benzene rings is 1. The summed E-state index contributed by atoms with van der Waals surface area (Å²) in [6.45, 7) is 2.04. The van der Waals surface area contributed by atoms with Crippen molar-refractivity contribution in [2.24, 2.45) is 0 Å². The second-order valence-electron chi connectivity index (χ2n) is 6.08. The van der Waals surface area contributed by atoms with Crippen molar-refractivity contribution in [3.05, 3.63) is 29.8 Å². The van der Waals surface area contributed by atoms with Gasteiger partial charge in [-0.3, -0.25) is 4.79 Å². The minimum atomic E-state index is -3.47. The van der Waals surface area contributed by atoms with Crippen LogP contribution in [-0.2, 0) is 26.0 Å². The van der Waals surface area contributed by atoms with Gasteiger partial charge >= 0.3 is 5.97 Å². The average molecular weight is 354 g/mol. The third-order valence-corrected chi connectivity index (χ3v) is 5.96. The number of sulfonamides is 1. The van der Waals surface area contributed by atoms with Crippen molar-refractivity contribution >= 4 is 21.9 Å². The molecular formula is C16H22N2O5S. The SMILES string of the molecule is CNS(=O)(=O)c1ccc(CCC(=O)N2CCCC2(C)C(=O)O)cc1. The molecule has 0 spiro atoms. The molecule has 1 amide bonds. The molecular weight excluding hydrogens is 332 g/mol. The van der Waals surface area contributed by atoms with E-state index in [0.717, 1.165) is 5.56 Å². The summed E-state index contributed by atoms with van der Waals surface area (Å²) in [6, 6.07) is 6.31. The predicted octanol–water partition coefficient (Wildman–Crippen LogP) is 0.993. The Hall–Kier alpha value is -1.93. The maximum Gasteiger partial charge on any atom is 0.329 e. The molecule has 1 aromatic rings. The van der Waals surface area contributed by atoms with Gasteiger partial charge in [-0.15, -0.1) is 0 Å². The molecule has 132 valence electrons. The highest BCUT2D eigenvalue weighted by atomic mass is 32.2. The molecule has 1 saturated heterocycles. The maximum atomic E-state index is 12.4. The number of hydrogen-bond donors (Lipinski definition) is 2. The van der Waals surface area contributed by atoms with E-state index in [9.17, 15) is 23.1 Å². The Labute approximate surface area is 141 Å². The van der Waals surface area contributed by atoms with Crippen molar-refractivity contribution in [3.8, 4) is 0 Å². The number of nitrogens with one attached hydrogen (secondary N) is 1. The summed E-state index contributed by atoms with van der Waals surface area (Å²) in [5, 5.41) is 9.35. The van der Waals surface area contributed by atoms with Crippen LogP contribution in [0.4, 0.5) is 0 Å². The summed E-state index contributed by atoms with van der Waals surface area (Å²) in [6.07, 6.45) is 1.78. The molecule has 0 aromatic heterocycles. The minimum absolute atomic E-state index is 0.165. The molecule has 0 radical (unpaired) electrons. The van der Waals surface area contributed by atoms with Gasteiger partial charge in [-0.05, 0) is 50.9 Å². The van der Waals surface area contributed by atoms with Gasteiger partial charge in [0.2, 0.25) is 15.9 Å². The largest absolute Gasteiger partial charge is 0.480 e. The van der Waals surface area contributed by atoms with Crippen LogP contribution in [0.15, 0.2) is 29.2 Å². The lowest BCUT2D eigenvalue weighted by atomic mass is 9.98. The van der Waals surface area contributed by atoms with Crippen LogP contribution in [0.2, 0.25) is 0 Å². The van der Waals surface area contributed by atoms with E-state index in [2.05, 4.69) is 4.72 Å². The van der Waals surface area contributed by atoms with Gasteiger partial charge in [-0.25, -0.2) is 17.9 Å². The molecule has 1 heterocycles. The smallest absolute Gasteiger partial charge is 0.329 e. The summed E-state index contributed by atoms with van der Waals surface area (Å²) in [4.78, 5) is 25.4. The Morgan fingerprint density at radius 3 is 2.46 bits per heavy atom. The molecule has 8 heteroatoms. The second-order valence-corrected chi connectivity index (χ2v) is 7.97. The molecule has 1 fully saturated rings. The minimum Gasteiger partial charge on any atom is -0.480 e. The average Bonchev–Trinajstić information content (AvgIpc) is 2.96. The van der Waals surface area contributed by atoms with E-state index >= 15 is 0 Å². The summed E-state index contributed by atoms with van der Waals surface area (Å²) in [5.41, 5.74) is -0.295. The number of carbonyl (C=O) groups excluding carboxylic acids is 1. The molecule has 0 saturated carbocycles. The zero-order chi connectivity index (χ0) is 18.0. The maximum absolute atomic E-state index is 12.4. The van der Waals surface area contributed by atoms with Gasteiger partial charge in [0.25, 0.3) is 0 Å². The molecule has 0 bridgehead atoms. The van der Waals surface area contributed by atoms with E-state index in [0.29, 0.717) is 25.8 Å². The quantitative estimate of drug-likeness (QED) is 0.793. The second kappa shape index (κ2) is 6.90. The third kappa shape index (κ3) is 3.59. The van der Waals surface area contributed by atoms with Crippen LogP contribution in [0, 0.1) is 0 Å². The molecule has 1 aliphatic heterocycles. The summed E-state index contributed by atoms with van der Waals surface area (Å²) >= 11 is 0. The zero-order valence-electron chi connectivity index (χ0n) is 13.8. The first-order valence-corrected chi connectivity index (χ1v) is 9.25. The highest BCUT2D eigenvalue weighted by Crippen LogP contribution is 2.30. The molecule has 1 aliphatic rings. The molecule has 2 rings (SSSR count). The molecule has 24 heavy (non-hydrogen) atoms. The van der Waals surface area contributed by atoms with E-state index in [1.165, 1.54) is 24.1 Å². The standard InChI is InChI=1S/C16H22N2O5S/c1-16(15(20)21)10-3-11-18(16)14(19)9-6-12-4-7-13(8-5-12)24(22,23)17-2/h4-5,7-8,17H,3,6,9-11H2,1-2H3,(H,20,21). The number of hydrogen-bond acceptors (Lipinski definition) is 4. The monoisotopic (exact) mass is 354 g/mol. The number of carbonyl (C=O) groups is 2. The number of aryl methyl sites for hydroxylation is 1. The van der Waals surface area contributed by atoms with Crippen LogP contribution >= 0.6 is 0 Å². The Morgan fingerprint density at radius 1 is 1.29 bits per heavy atom. The number of rotatable bonds is 6. The zero-order valence-corrected chi connectivity index (χ0v) is 14.6. The van der Waals surface area contributed by atoms with Crippen LogP contribution in [0.5, 0.6) is 0 Å². The van der Waals surface area contributed by atoms with Crippen molar-refractivity contribution in [1.29, 1.82) is 0 Å². The third-order valence-electron chi connectivity index (χ3n) is 4.53. The van der Waals surface area contributed by atoms with Crippen molar-refractivity contribution in [2.45, 2.75) is 43.0 Å². The van der Waals surface area contributed by atoms with Crippen LogP contribution in [-0.4, -0.2) is 49.4 Å². The molecule has 2 N–H and O–H groups in total. The molecule has 1 atom stereocenters. The molecule has 1 aromatic carbocycles. The molecule has 0 aliphatic carbocycles. The lowest BCUT2D eigenvalue weighted by molar-refractivity contribution is -0.155. The Morgan fingerprint density at radius 2 is 1.92 bits per heavy atom. The highest BCUT2D eigenvalue weighted by molar-refractivity contribution is 7.89. The molecule has 7 nitrogen and oxygen atoms in total. The number of aliphatic carboxylic acids is 1. The topological polar surface area (TPSA) is 104 Å². The van der Waals surface area contributed by atoms with Crippen LogP contribution in [0.25, 0.3) is 0 Å². The van der Waals surface area contributed by atoms with Gasteiger partial charge in [0.1, 0.15) is 5.54 Å². The fourth-order valence-corrected chi connectivity index (χ4v) is 3.65. The Bertz CT molecular complexity index is 729. The number of carboxylic acids is 1. The van der Waals surface area contributed by atoms with Crippen molar-refractivity contribution in [2.75, 3.05) is 13.6 Å². The number of likely N-dealkylation sites (tertiary alicyclic amines) is 1. The van der Waals surface area contributed by atoms with E-state index in [1.807, 2.05) is 0 Å². The summed E-state index contributed by atoms with van der Waals surface area (Å²) in [5.74, 6) is -1.17. The van der Waals surface area contributed by atoms with Crippen molar-refractivity contribution in [1.82, 2.24) is 9.62 Å². The Kier molecular flexibility index (Phi) is 5.29. The lowest BCUT2D eigenvalue weighted by Gasteiger charge is -2.31. The van der Waals surface area contributed by atoms with Crippen LogP contribution in [0.3, 0.4) is 0 Å². The Balaban J connectivity index is 2.01. The normalized spacial score (nSPS) is 21.0. The fraction of sp³-hybridized carbons (Fsp3) is 0.500. The van der Waals surface area contributed by atoms with E-state index < -0.39 is 21.5 Å². The first-order chi connectivity index (χ1) is 11.2. The lowest BCUT2D eigenvalue weighted by Crippen LogP contribution is -2.50. The van der Waals surface area contributed by atoms with Gasteiger partial charge < -0.3 is 10.0 Å². The summed E-state index contributed by atoms with van der Waals surface area (Å²) in [7, 11) is -2.13.